The molecule has 3 N–H and O–H groups in total. The number of nitrogens with zero attached hydrogens (tertiary/aromatic N) is 4. The molecule has 0 aromatic carbocycles. The average molecular weight is 265 g/mol. The zero-order valence-electron chi connectivity index (χ0n) is 10.6. The van der Waals surface area contributed by atoms with Gasteiger partial charge in [-0.05, 0) is 13.8 Å². The molecular weight excluding hydrogens is 250 g/mol. The Morgan fingerprint density at radius 3 is 2.89 bits per heavy atom. The second kappa shape index (κ2) is 5.19. The summed E-state index contributed by atoms with van der Waals surface area (Å²) in [4.78, 5) is 18.7. The van der Waals surface area contributed by atoms with E-state index in [0.29, 0.717) is 11.0 Å². The molecule has 102 valence electrons. The maximum atomic E-state index is 10.6. The van der Waals surface area contributed by atoms with E-state index >= 15 is 0 Å². The van der Waals surface area contributed by atoms with Gasteiger partial charge in [0.15, 0.2) is 5.65 Å². The topological polar surface area (TPSA) is 116 Å². The highest BCUT2D eigenvalue weighted by molar-refractivity contribution is 5.80. The van der Waals surface area contributed by atoms with Gasteiger partial charge in [0, 0.05) is 6.04 Å². The van der Waals surface area contributed by atoms with Crippen LogP contribution in [0.25, 0.3) is 11.0 Å². The van der Waals surface area contributed by atoms with Crippen LogP contribution in [0.4, 0.5) is 0 Å². The Kier molecular flexibility index (Phi) is 3.61. The average Bonchev–Trinajstić information content (AvgIpc) is 2.80. The van der Waals surface area contributed by atoms with Gasteiger partial charge in [0.05, 0.1) is 6.20 Å². The van der Waals surface area contributed by atoms with Gasteiger partial charge < -0.3 is 15.6 Å². The molecule has 0 saturated carbocycles. The van der Waals surface area contributed by atoms with Gasteiger partial charge in [-0.25, -0.2) is 14.6 Å². The van der Waals surface area contributed by atoms with Crippen molar-refractivity contribution in [3.8, 4) is 5.88 Å². The molecule has 0 fully saturated rings. The fourth-order valence-corrected chi connectivity index (χ4v) is 1.57. The number of carboxylic acid groups (broad SMARTS) is 1. The smallest absolute Gasteiger partial charge is 0.324 e. The first kappa shape index (κ1) is 13.2. The second-order valence-electron chi connectivity index (χ2n) is 4.35. The van der Waals surface area contributed by atoms with Crippen molar-refractivity contribution in [3.63, 3.8) is 0 Å². The highest BCUT2D eigenvalue weighted by atomic mass is 16.5. The number of aliphatic carboxylic acids is 1. The molecule has 0 radical (unpaired) electrons. The highest BCUT2D eigenvalue weighted by Gasteiger charge is 2.16. The molecule has 0 aliphatic rings. The Morgan fingerprint density at radius 2 is 2.26 bits per heavy atom. The van der Waals surface area contributed by atoms with Gasteiger partial charge in [-0.1, -0.05) is 0 Å². The van der Waals surface area contributed by atoms with E-state index in [1.165, 1.54) is 6.33 Å². The summed E-state index contributed by atoms with van der Waals surface area (Å²) in [6, 6.07) is -0.938. The lowest BCUT2D eigenvalue weighted by Gasteiger charge is -2.09. The molecule has 0 bridgehead atoms. The Balaban J connectivity index is 2.27. The number of carboxylic acids is 1. The molecule has 2 rings (SSSR count). The van der Waals surface area contributed by atoms with Crippen molar-refractivity contribution < 1.29 is 14.6 Å². The molecule has 1 atom stereocenters. The van der Waals surface area contributed by atoms with Crippen molar-refractivity contribution in [1.82, 2.24) is 19.7 Å². The monoisotopic (exact) mass is 265 g/mol. The summed E-state index contributed by atoms with van der Waals surface area (Å²) < 4.78 is 7.06. The number of hydrogen-bond acceptors (Lipinski definition) is 6. The fraction of sp³-hybridized carbons (Fsp3) is 0.455. The van der Waals surface area contributed by atoms with Gasteiger partial charge in [-0.15, -0.1) is 0 Å². The third-order valence-corrected chi connectivity index (χ3v) is 2.56. The van der Waals surface area contributed by atoms with Crippen LogP contribution in [-0.4, -0.2) is 43.5 Å². The number of fused-ring (bicyclic) bond motifs is 1. The van der Waals surface area contributed by atoms with E-state index in [1.54, 1.807) is 10.9 Å². The van der Waals surface area contributed by atoms with E-state index in [0.717, 1.165) is 0 Å². The number of carbonyl (C=O) groups is 1. The summed E-state index contributed by atoms with van der Waals surface area (Å²) in [7, 11) is 0. The van der Waals surface area contributed by atoms with Gasteiger partial charge in [-0.2, -0.15) is 5.10 Å². The standard InChI is InChI=1S/C11H15N5O3/c1-6(2)16-9-7(3-15-16)10(14-5-13-9)19-4-8(12)11(17)18/h3,5-6,8H,4,12H2,1-2H3,(H,17,18). The molecule has 0 aliphatic heterocycles. The fourth-order valence-electron chi connectivity index (χ4n) is 1.57. The molecule has 19 heavy (non-hydrogen) atoms. The molecule has 0 aliphatic carbocycles. The number of nitrogens with two attached hydrogens (primary N) is 1. The molecule has 1 unspecified atom stereocenters. The molecule has 2 aromatic heterocycles. The Bertz CT molecular complexity index is 595. The molecule has 2 aromatic rings. The highest BCUT2D eigenvalue weighted by Crippen LogP contribution is 2.22. The summed E-state index contributed by atoms with van der Waals surface area (Å²) in [5.41, 5.74) is 6.02. The zero-order valence-corrected chi connectivity index (χ0v) is 10.6. The van der Waals surface area contributed by atoms with Crippen LogP contribution in [0.15, 0.2) is 12.5 Å². The van der Waals surface area contributed by atoms with Gasteiger partial charge in [0.2, 0.25) is 5.88 Å². The molecule has 2 heterocycles. The van der Waals surface area contributed by atoms with Crippen molar-refractivity contribution >= 4 is 17.0 Å². The Labute approximate surface area is 109 Å². The molecule has 0 spiro atoms. The maximum Gasteiger partial charge on any atom is 0.324 e. The quantitative estimate of drug-likeness (QED) is 0.793. The van der Waals surface area contributed by atoms with Crippen molar-refractivity contribution in [2.24, 2.45) is 5.73 Å². The van der Waals surface area contributed by atoms with Gasteiger partial charge in [0.1, 0.15) is 24.4 Å². The number of ether oxygens (including phenoxy) is 1. The van der Waals surface area contributed by atoms with Gasteiger partial charge in [0.25, 0.3) is 0 Å². The molecule has 8 nitrogen and oxygen atoms in total. The normalized spacial score (nSPS) is 12.8. The Morgan fingerprint density at radius 1 is 1.53 bits per heavy atom. The lowest BCUT2D eigenvalue weighted by Crippen LogP contribution is -2.36. The van der Waals surface area contributed by atoms with E-state index < -0.39 is 12.0 Å². The predicted molar refractivity (Wildman–Crippen MR) is 66.8 cm³/mol. The summed E-state index contributed by atoms with van der Waals surface area (Å²) in [6.07, 6.45) is 2.95. The van der Waals surface area contributed by atoms with Crippen molar-refractivity contribution in [1.29, 1.82) is 0 Å². The summed E-state index contributed by atoms with van der Waals surface area (Å²) in [5, 5.41) is 13.5. The van der Waals surface area contributed by atoms with E-state index in [9.17, 15) is 4.79 Å². The molecule has 8 heteroatoms. The van der Waals surface area contributed by atoms with Crippen LogP contribution < -0.4 is 10.5 Å². The van der Waals surface area contributed by atoms with E-state index in [4.69, 9.17) is 15.6 Å². The lowest BCUT2D eigenvalue weighted by molar-refractivity contribution is -0.139. The van der Waals surface area contributed by atoms with Crippen LogP contribution >= 0.6 is 0 Å². The van der Waals surface area contributed by atoms with Crippen LogP contribution in [0.2, 0.25) is 0 Å². The zero-order chi connectivity index (χ0) is 14.0. The summed E-state index contributed by atoms with van der Waals surface area (Å²) in [6.45, 7) is 3.80. The van der Waals surface area contributed by atoms with Crippen LogP contribution in [0.1, 0.15) is 19.9 Å². The molecule has 0 amide bonds. The summed E-state index contributed by atoms with van der Waals surface area (Å²) >= 11 is 0. The van der Waals surface area contributed by atoms with Crippen LogP contribution in [0.3, 0.4) is 0 Å². The van der Waals surface area contributed by atoms with Crippen LogP contribution in [-0.2, 0) is 4.79 Å². The third kappa shape index (κ3) is 2.63. The van der Waals surface area contributed by atoms with Gasteiger partial charge in [-0.3, -0.25) is 4.79 Å². The maximum absolute atomic E-state index is 10.6. The first-order valence-electron chi connectivity index (χ1n) is 5.80. The van der Waals surface area contributed by atoms with Crippen molar-refractivity contribution in [3.05, 3.63) is 12.5 Å². The van der Waals surface area contributed by atoms with Crippen LogP contribution in [0, 0.1) is 0 Å². The van der Waals surface area contributed by atoms with E-state index in [1.807, 2.05) is 13.8 Å². The molecule has 0 saturated heterocycles. The third-order valence-electron chi connectivity index (χ3n) is 2.56. The van der Waals surface area contributed by atoms with Crippen LogP contribution in [0.5, 0.6) is 5.88 Å². The molecular formula is C11H15N5O3. The first-order valence-corrected chi connectivity index (χ1v) is 5.80. The minimum absolute atomic E-state index is 0.154. The number of aromatic nitrogens is 4. The largest absolute Gasteiger partial charge is 0.480 e. The number of hydrogen-bond donors (Lipinski definition) is 2. The Hall–Kier alpha value is -2.22. The first-order chi connectivity index (χ1) is 9.00. The predicted octanol–water partition coefficient (Wildman–Crippen LogP) is 0.198. The summed E-state index contributed by atoms with van der Waals surface area (Å²) in [5.74, 6) is -0.836. The van der Waals surface area contributed by atoms with Gasteiger partial charge >= 0.3 is 5.97 Å². The minimum atomic E-state index is -1.12. The lowest BCUT2D eigenvalue weighted by atomic mass is 10.3. The second-order valence-corrected chi connectivity index (χ2v) is 4.35. The van der Waals surface area contributed by atoms with Crippen molar-refractivity contribution in [2.75, 3.05) is 6.61 Å². The van der Waals surface area contributed by atoms with E-state index in [2.05, 4.69) is 15.1 Å². The SMILES string of the molecule is CC(C)n1ncc2c(OCC(N)C(=O)O)ncnc21. The van der Waals surface area contributed by atoms with E-state index in [-0.39, 0.29) is 18.5 Å². The number of rotatable bonds is 5. The van der Waals surface area contributed by atoms with Crippen molar-refractivity contribution in [2.45, 2.75) is 25.9 Å². The minimum Gasteiger partial charge on any atom is -0.480 e.